The van der Waals surface area contributed by atoms with Crippen molar-refractivity contribution in [2.24, 2.45) is 0 Å². The Morgan fingerprint density at radius 3 is 1.90 bits per heavy atom. The maximum atomic E-state index is 8.48. The first-order valence-electron chi connectivity index (χ1n) is 6.02. The maximum absolute atomic E-state index is 8.48. The monoisotopic (exact) mass is 276 g/mol. The van der Waals surface area contributed by atoms with Crippen LogP contribution >= 0.6 is 0 Å². The van der Waals surface area contributed by atoms with Crippen LogP contribution in [0, 0.1) is 0 Å². The summed E-state index contributed by atoms with van der Waals surface area (Å²) < 4.78 is 5.11. The summed E-state index contributed by atoms with van der Waals surface area (Å²) in [5, 5.41) is 8.48. The topological polar surface area (TPSA) is 134 Å². The third-order valence-electron chi connectivity index (χ3n) is 2.29. The van der Waals surface area contributed by atoms with Gasteiger partial charge in [-0.1, -0.05) is 6.07 Å². The first-order valence-corrected chi connectivity index (χ1v) is 6.02. The van der Waals surface area contributed by atoms with Crippen LogP contribution in [0.4, 0.5) is 22.7 Å². The van der Waals surface area contributed by atoms with Gasteiger partial charge in [-0.15, -0.1) is 0 Å². The molecule has 6 heteroatoms. The Hall–Kier alpha value is -2.60. The molecule has 2 aromatic rings. The Morgan fingerprint density at radius 2 is 1.45 bits per heavy atom. The van der Waals surface area contributed by atoms with E-state index >= 15 is 0 Å². The van der Waals surface area contributed by atoms with Crippen LogP contribution in [0.15, 0.2) is 42.5 Å². The number of nitrogens with two attached hydrogens (primary N) is 4. The van der Waals surface area contributed by atoms with Gasteiger partial charge in [-0.2, -0.15) is 0 Å². The fraction of sp³-hybridized carbons (Fsp3) is 0.143. The molecule has 0 amide bonds. The van der Waals surface area contributed by atoms with Crippen LogP contribution in [-0.4, -0.2) is 18.3 Å². The van der Waals surface area contributed by atoms with E-state index in [1.807, 2.05) is 6.07 Å². The summed E-state index contributed by atoms with van der Waals surface area (Å²) in [4.78, 5) is 0. The molecule has 0 atom stereocenters. The summed E-state index contributed by atoms with van der Waals surface area (Å²) >= 11 is 0. The van der Waals surface area contributed by atoms with Crippen molar-refractivity contribution in [3.05, 3.63) is 42.5 Å². The smallest absolute Gasteiger partial charge is 0.142 e. The van der Waals surface area contributed by atoms with Gasteiger partial charge in [0.25, 0.3) is 0 Å². The van der Waals surface area contributed by atoms with Gasteiger partial charge in [0, 0.05) is 17.1 Å². The highest BCUT2D eigenvalue weighted by Gasteiger charge is 1.98. The van der Waals surface area contributed by atoms with Crippen molar-refractivity contribution in [3.63, 3.8) is 0 Å². The number of anilines is 4. The number of benzene rings is 2. The molecule has 0 fully saturated rings. The average molecular weight is 276 g/mol. The first-order chi connectivity index (χ1) is 9.52. The summed E-state index contributed by atoms with van der Waals surface area (Å²) in [5.74, 6) is 0.554. The van der Waals surface area contributed by atoms with Gasteiger partial charge in [0.15, 0.2) is 0 Å². The molecule has 2 aromatic carbocycles. The SMILES string of the molecule is Nc1ccc(OCCO)c(N)c1.Nc1cccc(N)c1. The molecule has 0 spiro atoms. The van der Waals surface area contributed by atoms with Gasteiger partial charge < -0.3 is 32.8 Å². The van der Waals surface area contributed by atoms with E-state index in [1.165, 1.54) is 0 Å². The van der Waals surface area contributed by atoms with Crippen molar-refractivity contribution in [1.29, 1.82) is 0 Å². The van der Waals surface area contributed by atoms with Crippen molar-refractivity contribution >= 4 is 22.7 Å². The number of hydrogen-bond acceptors (Lipinski definition) is 6. The van der Waals surface area contributed by atoms with Crippen LogP contribution in [0.2, 0.25) is 0 Å². The Balaban J connectivity index is 0.000000217. The highest BCUT2D eigenvalue weighted by molar-refractivity contribution is 5.60. The second-order valence-corrected chi connectivity index (χ2v) is 4.04. The van der Waals surface area contributed by atoms with E-state index in [9.17, 15) is 0 Å². The summed E-state index contributed by atoms with van der Waals surface area (Å²) in [7, 11) is 0. The number of hydrogen-bond donors (Lipinski definition) is 5. The first kappa shape index (κ1) is 15.5. The molecule has 9 N–H and O–H groups in total. The lowest BCUT2D eigenvalue weighted by atomic mass is 10.2. The van der Waals surface area contributed by atoms with Gasteiger partial charge in [-0.3, -0.25) is 0 Å². The highest BCUT2D eigenvalue weighted by atomic mass is 16.5. The molecular formula is C14H20N4O2. The Labute approximate surface area is 117 Å². The molecular weight excluding hydrogens is 256 g/mol. The summed E-state index contributed by atoms with van der Waals surface area (Å²) in [6, 6.07) is 12.1. The zero-order valence-corrected chi connectivity index (χ0v) is 11.1. The summed E-state index contributed by atoms with van der Waals surface area (Å²) in [6.07, 6.45) is 0. The molecule has 6 nitrogen and oxygen atoms in total. The third-order valence-corrected chi connectivity index (χ3v) is 2.29. The lowest BCUT2D eigenvalue weighted by Gasteiger charge is -2.07. The lowest BCUT2D eigenvalue weighted by molar-refractivity contribution is 0.202. The molecule has 0 aliphatic rings. The van der Waals surface area contributed by atoms with E-state index in [0.717, 1.165) is 0 Å². The second kappa shape index (κ2) is 7.75. The van der Waals surface area contributed by atoms with E-state index in [2.05, 4.69) is 0 Å². The van der Waals surface area contributed by atoms with Gasteiger partial charge in [-0.25, -0.2) is 0 Å². The minimum atomic E-state index is -0.0240. The Kier molecular flexibility index (Phi) is 5.99. The van der Waals surface area contributed by atoms with Gasteiger partial charge in [0.05, 0.1) is 12.3 Å². The molecule has 0 saturated heterocycles. The minimum Gasteiger partial charge on any atom is -0.489 e. The highest BCUT2D eigenvalue weighted by Crippen LogP contribution is 2.23. The standard InChI is InChI=1S/C8H12N2O2.C6H8N2/c9-6-1-2-8(7(10)5-6)12-4-3-11;7-5-2-1-3-6(8)4-5/h1-2,5,11H,3-4,9-10H2;1-4H,7-8H2. The van der Waals surface area contributed by atoms with Crippen LogP contribution in [0.3, 0.4) is 0 Å². The summed E-state index contributed by atoms with van der Waals surface area (Å²) in [6.45, 7) is 0.220. The van der Waals surface area contributed by atoms with E-state index in [4.69, 9.17) is 32.8 Å². The molecule has 0 radical (unpaired) electrons. The van der Waals surface area contributed by atoms with Crippen molar-refractivity contribution in [1.82, 2.24) is 0 Å². The third kappa shape index (κ3) is 5.36. The molecule has 2 rings (SSSR count). The van der Waals surface area contributed by atoms with E-state index in [0.29, 0.717) is 28.5 Å². The number of ether oxygens (including phenoxy) is 1. The van der Waals surface area contributed by atoms with E-state index in [-0.39, 0.29) is 13.2 Å². The van der Waals surface area contributed by atoms with Crippen LogP contribution in [-0.2, 0) is 0 Å². The van der Waals surface area contributed by atoms with Crippen LogP contribution in [0.1, 0.15) is 0 Å². The largest absolute Gasteiger partial charge is 0.489 e. The summed E-state index contributed by atoms with van der Waals surface area (Å²) in [5.41, 5.74) is 24.3. The number of nitrogen functional groups attached to an aromatic ring is 4. The normalized spacial score (nSPS) is 9.45. The van der Waals surface area contributed by atoms with Crippen LogP contribution < -0.4 is 27.7 Å². The number of aliphatic hydroxyl groups is 1. The predicted molar refractivity (Wildman–Crippen MR) is 83.1 cm³/mol. The molecule has 20 heavy (non-hydrogen) atoms. The molecule has 0 saturated carbocycles. The molecule has 0 aliphatic heterocycles. The maximum Gasteiger partial charge on any atom is 0.142 e. The van der Waals surface area contributed by atoms with Crippen molar-refractivity contribution < 1.29 is 9.84 Å². The molecule has 0 bridgehead atoms. The van der Waals surface area contributed by atoms with Gasteiger partial charge in [-0.05, 0) is 36.4 Å². The van der Waals surface area contributed by atoms with Gasteiger partial charge >= 0.3 is 0 Å². The second-order valence-electron chi connectivity index (χ2n) is 4.04. The van der Waals surface area contributed by atoms with E-state index in [1.54, 1.807) is 36.4 Å². The van der Waals surface area contributed by atoms with E-state index < -0.39 is 0 Å². The fourth-order valence-corrected chi connectivity index (χ4v) is 1.41. The van der Waals surface area contributed by atoms with Gasteiger partial charge in [0.1, 0.15) is 12.4 Å². The molecule has 0 aromatic heterocycles. The Bertz CT molecular complexity index is 529. The fourth-order valence-electron chi connectivity index (χ4n) is 1.41. The molecule has 0 unspecified atom stereocenters. The average Bonchev–Trinajstić information content (AvgIpc) is 2.38. The molecule has 0 heterocycles. The van der Waals surface area contributed by atoms with Crippen LogP contribution in [0.5, 0.6) is 5.75 Å². The van der Waals surface area contributed by atoms with Crippen LogP contribution in [0.25, 0.3) is 0 Å². The zero-order chi connectivity index (χ0) is 15.0. The van der Waals surface area contributed by atoms with Crippen molar-refractivity contribution in [2.45, 2.75) is 0 Å². The quantitative estimate of drug-likeness (QED) is 0.532. The molecule has 108 valence electrons. The van der Waals surface area contributed by atoms with Crippen molar-refractivity contribution in [2.75, 3.05) is 36.1 Å². The Morgan fingerprint density at radius 1 is 0.850 bits per heavy atom. The zero-order valence-electron chi connectivity index (χ0n) is 11.1. The number of aliphatic hydroxyl groups excluding tert-OH is 1. The number of rotatable bonds is 3. The van der Waals surface area contributed by atoms with Crippen molar-refractivity contribution in [3.8, 4) is 5.75 Å². The predicted octanol–water partition coefficient (Wildman–Crippen LogP) is 1.07. The lowest BCUT2D eigenvalue weighted by Crippen LogP contribution is -2.04. The van der Waals surface area contributed by atoms with Gasteiger partial charge in [0.2, 0.25) is 0 Å². The molecule has 0 aliphatic carbocycles. The minimum absolute atomic E-state index is 0.0240.